The second-order valence-corrected chi connectivity index (χ2v) is 7.70. The zero-order valence-electron chi connectivity index (χ0n) is 16.1. The lowest BCUT2D eigenvalue weighted by Crippen LogP contribution is -2.16. The molecule has 1 N–H and O–H groups in total. The summed E-state index contributed by atoms with van der Waals surface area (Å²) < 4.78 is 1.90. The van der Waals surface area contributed by atoms with Crippen molar-refractivity contribution in [3.05, 3.63) is 72.3 Å². The van der Waals surface area contributed by atoms with Crippen LogP contribution in [0.15, 0.2) is 60.9 Å². The van der Waals surface area contributed by atoms with Crippen molar-refractivity contribution in [2.75, 3.05) is 5.32 Å². The Balaban J connectivity index is 1.97. The maximum atomic E-state index is 4.99. The second-order valence-electron chi connectivity index (χ2n) is 7.70. The SMILES string of the molecule is Cc1nn2c(Nc3ccncc3)cc(C(C)(C)C)nc2c1-c1ccccc1. The number of pyridine rings is 1. The molecule has 0 bridgehead atoms. The van der Waals surface area contributed by atoms with Crippen LogP contribution < -0.4 is 5.32 Å². The summed E-state index contributed by atoms with van der Waals surface area (Å²) in [5.41, 5.74) is 5.91. The Labute approximate surface area is 159 Å². The first kappa shape index (κ1) is 17.2. The first-order valence-corrected chi connectivity index (χ1v) is 9.07. The van der Waals surface area contributed by atoms with Gasteiger partial charge in [0, 0.05) is 35.1 Å². The molecule has 0 atom stereocenters. The van der Waals surface area contributed by atoms with E-state index in [0.29, 0.717) is 0 Å². The molecule has 0 spiro atoms. The van der Waals surface area contributed by atoms with E-state index < -0.39 is 0 Å². The topological polar surface area (TPSA) is 55.1 Å². The molecule has 0 amide bonds. The van der Waals surface area contributed by atoms with Gasteiger partial charge in [0.05, 0.1) is 11.4 Å². The third-order valence-corrected chi connectivity index (χ3v) is 4.55. The van der Waals surface area contributed by atoms with Crippen molar-refractivity contribution in [2.45, 2.75) is 33.1 Å². The Morgan fingerprint density at radius 1 is 0.963 bits per heavy atom. The predicted molar refractivity (Wildman–Crippen MR) is 109 cm³/mol. The highest BCUT2D eigenvalue weighted by atomic mass is 15.3. The molecule has 4 aromatic rings. The number of aryl methyl sites for hydroxylation is 1. The van der Waals surface area contributed by atoms with Crippen LogP contribution in [0.3, 0.4) is 0 Å². The summed E-state index contributed by atoms with van der Waals surface area (Å²) in [6.07, 6.45) is 3.55. The van der Waals surface area contributed by atoms with E-state index in [2.05, 4.69) is 49.3 Å². The van der Waals surface area contributed by atoms with Gasteiger partial charge in [0.15, 0.2) is 5.65 Å². The average molecular weight is 357 g/mol. The molecular formula is C22H23N5. The Morgan fingerprint density at radius 2 is 1.67 bits per heavy atom. The van der Waals surface area contributed by atoms with Crippen LogP contribution in [0.2, 0.25) is 0 Å². The van der Waals surface area contributed by atoms with E-state index in [4.69, 9.17) is 10.1 Å². The van der Waals surface area contributed by atoms with Gasteiger partial charge in [-0.15, -0.1) is 0 Å². The van der Waals surface area contributed by atoms with Gasteiger partial charge in [-0.1, -0.05) is 51.1 Å². The van der Waals surface area contributed by atoms with Gasteiger partial charge in [-0.3, -0.25) is 4.98 Å². The number of fused-ring (bicyclic) bond motifs is 1. The van der Waals surface area contributed by atoms with E-state index in [9.17, 15) is 0 Å². The van der Waals surface area contributed by atoms with Crippen molar-refractivity contribution in [3.63, 3.8) is 0 Å². The van der Waals surface area contributed by atoms with E-state index >= 15 is 0 Å². The molecule has 1 aromatic carbocycles. The van der Waals surface area contributed by atoms with Crippen LogP contribution in [0.1, 0.15) is 32.2 Å². The Bertz CT molecular complexity index is 1080. The van der Waals surface area contributed by atoms with E-state index in [1.54, 1.807) is 12.4 Å². The number of nitrogens with zero attached hydrogens (tertiary/aromatic N) is 4. The minimum absolute atomic E-state index is 0.0808. The monoisotopic (exact) mass is 357 g/mol. The van der Waals surface area contributed by atoms with E-state index in [0.717, 1.165) is 39.7 Å². The number of rotatable bonds is 3. The van der Waals surface area contributed by atoms with Crippen LogP contribution in [0.25, 0.3) is 16.8 Å². The number of hydrogen-bond donors (Lipinski definition) is 1. The van der Waals surface area contributed by atoms with Crippen LogP contribution in [0.5, 0.6) is 0 Å². The number of aromatic nitrogens is 4. The van der Waals surface area contributed by atoms with Gasteiger partial charge in [-0.2, -0.15) is 9.61 Å². The largest absolute Gasteiger partial charge is 0.340 e. The van der Waals surface area contributed by atoms with Crippen LogP contribution in [-0.2, 0) is 5.41 Å². The summed E-state index contributed by atoms with van der Waals surface area (Å²) in [4.78, 5) is 9.08. The van der Waals surface area contributed by atoms with Gasteiger partial charge in [0.25, 0.3) is 0 Å². The normalized spacial score (nSPS) is 11.7. The van der Waals surface area contributed by atoms with Crippen LogP contribution in [-0.4, -0.2) is 19.6 Å². The van der Waals surface area contributed by atoms with Crippen molar-refractivity contribution in [1.29, 1.82) is 0 Å². The van der Waals surface area contributed by atoms with Crippen molar-refractivity contribution >= 4 is 17.2 Å². The second kappa shape index (κ2) is 6.50. The summed E-state index contributed by atoms with van der Waals surface area (Å²) >= 11 is 0. The molecule has 0 saturated carbocycles. The van der Waals surface area contributed by atoms with Crippen LogP contribution in [0.4, 0.5) is 11.5 Å². The lowest BCUT2D eigenvalue weighted by atomic mass is 9.92. The molecule has 0 aliphatic heterocycles. The van der Waals surface area contributed by atoms with E-state index in [1.807, 2.05) is 41.8 Å². The van der Waals surface area contributed by atoms with Gasteiger partial charge in [0.1, 0.15) is 5.82 Å². The molecule has 27 heavy (non-hydrogen) atoms. The summed E-state index contributed by atoms with van der Waals surface area (Å²) in [6.45, 7) is 8.55. The standard InChI is InChI=1S/C22H23N5/c1-15-20(16-8-6-5-7-9-16)21-25-18(22(2,3)4)14-19(27(21)26-15)24-17-10-12-23-13-11-17/h5-14H,1-4H3,(H,23,24). The number of hydrogen-bond acceptors (Lipinski definition) is 4. The van der Waals surface area contributed by atoms with E-state index in [1.165, 1.54) is 0 Å². The average Bonchev–Trinajstić information content (AvgIpc) is 2.99. The minimum Gasteiger partial charge on any atom is -0.340 e. The quantitative estimate of drug-likeness (QED) is 0.551. The lowest BCUT2D eigenvalue weighted by molar-refractivity contribution is 0.569. The van der Waals surface area contributed by atoms with Gasteiger partial charge in [0.2, 0.25) is 0 Å². The van der Waals surface area contributed by atoms with Crippen LogP contribution >= 0.6 is 0 Å². The van der Waals surface area contributed by atoms with Crippen molar-refractivity contribution in [1.82, 2.24) is 19.6 Å². The fourth-order valence-corrected chi connectivity index (χ4v) is 3.12. The Kier molecular flexibility index (Phi) is 4.15. The predicted octanol–water partition coefficient (Wildman–Crippen LogP) is 5.14. The molecule has 0 unspecified atom stereocenters. The highest BCUT2D eigenvalue weighted by molar-refractivity contribution is 5.81. The minimum atomic E-state index is -0.0808. The molecule has 0 aliphatic rings. The molecule has 4 rings (SSSR count). The van der Waals surface area contributed by atoms with E-state index in [-0.39, 0.29) is 5.41 Å². The highest BCUT2D eigenvalue weighted by Crippen LogP contribution is 2.32. The van der Waals surface area contributed by atoms with Gasteiger partial charge in [-0.05, 0) is 24.6 Å². The molecule has 3 aromatic heterocycles. The van der Waals surface area contributed by atoms with Crippen LogP contribution in [0, 0.1) is 6.92 Å². The number of nitrogens with one attached hydrogen (secondary N) is 1. The third-order valence-electron chi connectivity index (χ3n) is 4.55. The maximum absolute atomic E-state index is 4.99. The molecule has 0 fully saturated rings. The van der Waals surface area contributed by atoms with Crippen molar-refractivity contribution < 1.29 is 0 Å². The maximum Gasteiger partial charge on any atom is 0.165 e. The molecule has 0 radical (unpaired) electrons. The number of anilines is 2. The molecule has 3 heterocycles. The summed E-state index contributed by atoms with van der Waals surface area (Å²) in [6, 6.07) is 16.3. The molecule has 5 nitrogen and oxygen atoms in total. The van der Waals surface area contributed by atoms with Gasteiger partial charge in [-0.25, -0.2) is 4.98 Å². The summed E-state index contributed by atoms with van der Waals surface area (Å²) in [7, 11) is 0. The van der Waals surface area contributed by atoms with Gasteiger partial charge >= 0.3 is 0 Å². The molecule has 0 aliphatic carbocycles. The molecule has 5 heteroatoms. The summed E-state index contributed by atoms with van der Waals surface area (Å²) in [5, 5.41) is 8.26. The third kappa shape index (κ3) is 3.28. The Hall–Kier alpha value is -3.21. The smallest absolute Gasteiger partial charge is 0.165 e. The fourth-order valence-electron chi connectivity index (χ4n) is 3.12. The fraction of sp³-hybridized carbons (Fsp3) is 0.227. The first-order valence-electron chi connectivity index (χ1n) is 9.07. The van der Waals surface area contributed by atoms with Crippen molar-refractivity contribution in [3.8, 4) is 11.1 Å². The zero-order chi connectivity index (χ0) is 19.0. The Morgan fingerprint density at radius 3 is 2.33 bits per heavy atom. The molecular weight excluding hydrogens is 334 g/mol. The summed E-state index contributed by atoms with van der Waals surface area (Å²) in [5.74, 6) is 0.890. The highest BCUT2D eigenvalue weighted by Gasteiger charge is 2.22. The molecule has 0 saturated heterocycles. The van der Waals surface area contributed by atoms with Gasteiger partial charge < -0.3 is 5.32 Å². The van der Waals surface area contributed by atoms with Crippen molar-refractivity contribution in [2.24, 2.45) is 0 Å². The zero-order valence-corrected chi connectivity index (χ0v) is 16.1. The number of benzene rings is 1. The first-order chi connectivity index (χ1) is 12.9. The molecule has 136 valence electrons. The lowest BCUT2D eigenvalue weighted by Gasteiger charge is -2.20.